The second kappa shape index (κ2) is 6.62. The predicted octanol–water partition coefficient (Wildman–Crippen LogP) is 3.13. The highest BCUT2D eigenvalue weighted by Gasteiger charge is 2.34. The monoisotopic (exact) mass is 317 g/mol. The fourth-order valence-corrected chi connectivity index (χ4v) is 2.89. The first-order chi connectivity index (χ1) is 11.2. The van der Waals surface area contributed by atoms with Crippen LogP contribution in [0.5, 0.6) is 5.75 Å². The topological polar surface area (TPSA) is 62.9 Å². The van der Waals surface area contributed by atoms with Crippen LogP contribution >= 0.6 is 0 Å². The maximum absolute atomic E-state index is 12.9. The number of carbonyl (C=O) groups excluding carboxylic acids is 1. The number of amides is 1. The molecule has 1 aromatic heterocycles. The normalized spacial score (nSPS) is 14.2. The Morgan fingerprint density at radius 3 is 2.83 bits per heavy atom. The Hall–Kier alpha value is -2.01. The summed E-state index contributed by atoms with van der Waals surface area (Å²) >= 11 is 0. The lowest BCUT2D eigenvalue weighted by molar-refractivity contribution is 0.0706. The Morgan fingerprint density at radius 2 is 2.17 bits per heavy atom. The summed E-state index contributed by atoms with van der Waals surface area (Å²) in [6, 6.07) is 5.89. The number of fused-ring (bicyclic) bond motifs is 1. The Labute approximate surface area is 135 Å². The molecule has 1 aliphatic rings. The molecule has 3 rings (SSSR count). The van der Waals surface area contributed by atoms with E-state index in [4.69, 9.17) is 14.3 Å². The van der Waals surface area contributed by atoms with Gasteiger partial charge in [0.2, 0.25) is 0 Å². The summed E-state index contributed by atoms with van der Waals surface area (Å²) in [5.74, 6) is 1.13. The number of methoxy groups -OCH3 is 1. The number of carbonyl (C=O) groups is 1. The molecule has 1 heterocycles. The molecule has 0 spiro atoms. The van der Waals surface area contributed by atoms with Gasteiger partial charge in [0.05, 0.1) is 7.11 Å². The Morgan fingerprint density at radius 1 is 1.39 bits per heavy atom. The number of aliphatic hydroxyl groups is 1. The summed E-state index contributed by atoms with van der Waals surface area (Å²) in [4.78, 5) is 14.8. The van der Waals surface area contributed by atoms with Gasteiger partial charge in [0.25, 0.3) is 5.91 Å². The Balaban J connectivity index is 1.88. The maximum atomic E-state index is 12.9. The lowest BCUT2D eigenvalue weighted by Gasteiger charge is -2.21. The van der Waals surface area contributed by atoms with Crippen molar-refractivity contribution in [2.24, 2.45) is 0 Å². The van der Waals surface area contributed by atoms with E-state index in [1.807, 2.05) is 30.0 Å². The molecule has 0 aliphatic heterocycles. The summed E-state index contributed by atoms with van der Waals surface area (Å²) < 4.78 is 11.1. The second-order valence-corrected chi connectivity index (χ2v) is 6.08. The smallest absolute Gasteiger partial charge is 0.290 e. The van der Waals surface area contributed by atoms with Crippen LogP contribution in [0.4, 0.5) is 0 Å². The van der Waals surface area contributed by atoms with Gasteiger partial charge in [-0.25, -0.2) is 0 Å². The standard InChI is InChI=1S/C18H23NO4/c1-12-15-11-14(22-2)7-8-16(15)23-17(12)18(21)19(13-5-6-13)9-3-4-10-20/h7-8,11,13,20H,3-6,9-10H2,1-2H3. The van der Waals surface area contributed by atoms with Crippen molar-refractivity contribution in [2.75, 3.05) is 20.3 Å². The minimum Gasteiger partial charge on any atom is -0.497 e. The number of aryl methyl sites for hydroxylation is 1. The number of hydrogen-bond acceptors (Lipinski definition) is 4. The summed E-state index contributed by atoms with van der Waals surface area (Å²) in [5.41, 5.74) is 1.56. The molecule has 1 N–H and O–H groups in total. The van der Waals surface area contributed by atoms with Crippen LogP contribution in [0.15, 0.2) is 22.6 Å². The molecule has 0 saturated heterocycles. The Kier molecular flexibility index (Phi) is 4.57. The molecule has 124 valence electrons. The average molecular weight is 317 g/mol. The van der Waals surface area contributed by atoms with Crippen molar-refractivity contribution in [3.63, 3.8) is 0 Å². The number of nitrogens with zero attached hydrogens (tertiary/aromatic N) is 1. The van der Waals surface area contributed by atoms with Crippen LogP contribution in [-0.2, 0) is 0 Å². The largest absolute Gasteiger partial charge is 0.497 e. The molecule has 0 unspecified atom stereocenters. The highest BCUT2D eigenvalue weighted by atomic mass is 16.5. The minimum absolute atomic E-state index is 0.0434. The third-order valence-corrected chi connectivity index (χ3v) is 4.39. The fraction of sp³-hybridized carbons (Fsp3) is 0.500. The van der Waals surface area contributed by atoms with Gasteiger partial charge in [-0.05, 0) is 50.8 Å². The van der Waals surface area contributed by atoms with Crippen molar-refractivity contribution in [3.8, 4) is 5.75 Å². The highest BCUT2D eigenvalue weighted by molar-refractivity contribution is 5.99. The van der Waals surface area contributed by atoms with E-state index < -0.39 is 0 Å². The number of rotatable bonds is 7. The van der Waals surface area contributed by atoms with E-state index in [9.17, 15) is 4.79 Å². The minimum atomic E-state index is -0.0434. The summed E-state index contributed by atoms with van der Waals surface area (Å²) in [5, 5.41) is 9.86. The van der Waals surface area contributed by atoms with Gasteiger partial charge >= 0.3 is 0 Å². The van der Waals surface area contributed by atoms with Gasteiger partial charge in [-0.15, -0.1) is 0 Å². The summed E-state index contributed by atoms with van der Waals surface area (Å²) in [6.07, 6.45) is 3.63. The molecule has 23 heavy (non-hydrogen) atoms. The quantitative estimate of drug-likeness (QED) is 0.797. The molecule has 0 atom stereocenters. The third-order valence-electron chi connectivity index (χ3n) is 4.39. The Bertz CT molecular complexity index is 702. The predicted molar refractivity (Wildman–Crippen MR) is 87.9 cm³/mol. The second-order valence-electron chi connectivity index (χ2n) is 6.08. The van der Waals surface area contributed by atoms with Crippen LogP contribution in [0.2, 0.25) is 0 Å². The van der Waals surface area contributed by atoms with Crippen LogP contribution in [-0.4, -0.2) is 42.2 Å². The van der Waals surface area contributed by atoms with Gasteiger partial charge in [-0.3, -0.25) is 4.79 Å². The van der Waals surface area contributed by atoms with E-state index in [1.54, 1.807) is 7.11 Å². The zero-order chi connectivity index (χ0) is 16.4. The first-order valence-corrected chi connectivity index (χ1v) is 8.14. The molecule has 0 bridgehead atoms. The zero-order valence-corrected chi connectivity index (χ0v) is 13.7. The number of hydrogen-bond donors (Lipinski definition) is 1. The molecule has 1 aromatic carbocycles. The molecule has 1 aliphatic carbocycles. The number of unbranched alkanes of at least 4 members (excludes halogenated alkanes) is 1. The molecule has 2 aromatic rings. The molecule has 1 fully saturated rings. The van der Waals surface area contributed by atoms with E-state index in [2.05, 4.69) is 0 Å². The van der Waals surface area contributed by atoms with Crippen LogP contribution < -0.4 is 4.74 Å². The molecule has 5 heteroatoms. The molecule has 1 saturated carbocycles. The van der Waals surface area contributed by atoms with Crippen LogP contribution in [0.1, 0.15) is 41.8 Å². The third kappa shape index (κ3) is 3.20. The van der Waals surface area contributed by atoms with E-state index in [-0.39, 0.29) is 12.5 Å². The van der Waals surface area contributed by atoms with E-state index in [0.717, 1.165) is 36.0 Å². The van der Waals surface area contributed by atoms with Crippen molar-refractivity contribution in [1.29, 1.82) is 0 Å². The van der Waals surface area contributed by atoms with Crippen molar-refractivity contribution in [3.05, 3.63) is 29.5 Å². The van der Waals surface area contributed by atoms with Crippen molar-refractivity contribution in [2.45, 2.75) is 38.6 Å². The van der Waals surface area contributed by atoms with Crippen molar-refractivity contribution in [1.82, 2.24) is 4.90 Å². The lowest BCUT2D eigenvalue weighted by Crippen LogP contribution is -2.34. The first-order valence-electron chi connectivity index (χ1n) is 8.14. The number of furan rings is 1. The van der Waals surface area contributed by atoms with Gasteiger partial charge in [0.1, 0.15) is 11.3 Å². The van der Waals surface area contributed by atoms with Crippen LogP contribution in [0.3, 0.4) is 0 Å². The maximum Gasteiger partial charge on any atom is 0.290 e. The molecule has 1 amide bonds. The van der Waals surface area contributed by atoms with Crippen molar-refractivity contribution < 1.29 is 19.1 Å². The lowest BCUT2D eigenvalue weighted by atomic mass is 10.1. The summed E-state index contributed by atoms with van der Waals surface area (Å²) in [7, 11) is 1.62. The molecule has 0 radical (unpaired) electrons. The molecular formula is C18H23NO4. The van der Waals surface area contributed by atoms with Gasteiger partial charge in [-0.2, -0.15) is 0 Å². The van der Waals surface area contributed by atoms with Gasteiger partial charge in [0.15, 0.2) is 5.76 Å². The van der Waals surface area contributed by atoms with Crippen LogP contribution in [0, 0.1) is 6.92 Å². The number of aliphatic hydroxyl groups excluding tert-OH is 1. The molecular weight excluding hydrogens is 294 g/mol. The van der Waals surface area contributed by atoms with Gasteiger partial charge in [-0.1, -0.05) is 0 Å². The fourth-order valence-electron chi connectivity index (χ4n) is 2.89. The first kappa shape index (κ1) is 15.9. The van der Waals surface area contributed by atoms with E-state index in [1.165, 1.54) is 0 Å². The molecule has 5 nitrogen and oxygen atoms in total. The van der Waals surface area contributed by atoms with Crippen molar-refractivity contribution >= 4 is 16.9 Å². The summed E-state index contributed by atoms with van der Waals surface area (Å²) in [6.45, 7) is 2.75. The van der Waals surface area contributed by atoms with E-state index >= 15 is 0 Å². The zero-order valence-electron chi connectivity index (χ0n) is 13.7. The van der Waals surface area contributed by atoms with Gasteiger partial charge in [0, 0.05) is 30.1 Å². The number of ether oxygens (including phenoxy) is 1. The van der Waals surface area contributed by atoms with Crippen LogP contribution in [0.25, 0.3) is 11.0 Å². The average Bonchev–Trinajstić information content (AvgIpc) is 3.35. The highest BCUT2D eigenvalue weighted by Crippen LogP contribution is 2.33. The number of benzene rings is 1. The van der Waals surface area contributed by atoms with Gasteiger partial charge < -0.3 is 19.2 Å². The van der Waals surface area contributed by atoms with E-state index in [0.29, 0.717) is 30.4 Å². The SMILES string of the molecule is COc1ccc2oc(C(=O)N(CCCCO)C3CC3)c(C)c2c1.